The van der Waals surface area contributed by atoms with Crippen molar-refractivity contribution in [3.05, 3.63) is 69.5 Å². The molecule has 1 spiro atoms. The van der Waals surface area contributed by atoms with Crippen molar-refractivity contribution in [2.75, 3.05) is 13.1 Å². The smallest absolute Gasteiger partial charge is 0.251 e. The van der Waals surface area contributed by atoms with E-state index in [0.29, 0.717) is 43.1 Å². The third-order valence-corrected chi connectivity index (χ3v) is 6.03. The van der Waals surface area contributed by atoms with Crippen molar-refractivity contribution in [1.82, 2.24) is 4.90 Å². The Hall–Kier alpha value is -2.48. The summed E-state index contributed by atoms with van der Waals surface area (Å²) in [5.41, 5.74) is 12.1. The van der Waals surface area contributed by atoms with E-state index in [2.05, 4.69) is 4.90 Å². The fourth-order valence-corrected chi connectivity index (χ4v) is 4.48. The normalized spacial score (nSPS) is 20.6. The predicted octanol–water partition coefficient (Wildman–Crippen LogP) is 2.63. The first-order valence-corrected chi connectivity index (χ1v) is 9.75. The minimum atomic E-state index is -0.793. The third kappa shape index (κ3) is 3.50. The molecular weight excluding hydrogens is 397 g/mol. The molecule has 1 saturated heterocycles. The van der Waals surface area contributed by atoms with Gasteiger partial charge >= 0.3 is 0 Å². The van der Waals surface area contributed by atoms with Gasteiger partial charge < -0.3 is 16.2 Å². The first-order valence-electron chi connectivity index (χ1n) is 9.37. The second kappa shape index (κ2) is 7.40. The van der Waals surface area contributed by atoms with Gasteiger partial charge in [0.05, 0.1) is 11.2 Å². The number of likely N-dealkylation sites (tertiary alicyclic amines) is 1. The average molecular weight is 418 g/mol. The summed E-state index contributed by atoms with van der Waals surface area (Å²) >= 11 is 6.19. The molecule has 1 unspecified atom stereocenters. The van der Waals surface area contributed by atoms with Crippen molar-refractivity contribution in [1.29, 1.82) is 0 Å². The molecule has 1 atom stereocenters. The molecule has 0 aromatic heterocycles. The summed E-state index contributed by atoms with van der Waals surface area (Å²) < 4.78 is 20.7. The molecule has 4 N–H and O–H groups in total. The summed E-state index contributed by atoms with van der Waals surface area (Å²) in [7, 11) is 0. The van der Waals surface area contributed by atoms with Crippen LogP contribution in [0.25, 0.3) is 0 Å². The van der Waals surface area contributed by atoms with Gasteiger partial charge in [0.2, 0.25) is 0 Å². The van der Waals surface area contributed by atoms with E-state index in [0.717, 1.165) is 11.1 Å². The minimum Gasteiger partial charge on any atom is -0.367 e. The van der Waals surface area contributed by atoms with Crippen LogP contribution in [0.2, 0.25) is 5.02 Å². The minimum absolute atomic E-state index is 0.108. The molecule has 2 aliphatic rings. The van der Waals surface area contributed by atoms with Crippen LogP contribution in [0.5, 0.6) is 0 Å². The van der Waals surface area contributed by atoms with Gasteiger partial charge in [-0.25, -0.2) is 4.39 Å². The van der Waals surface area contributed by atoms with E-state index < -0.39 is 29.3 Å². The maximum absolute atomic E-state index is 14.5. The summed E-state index contributed by atoms with van der Waals surface area (Å²) in [5.74, 6) is -1.89. The van der Waals surface area contributed by atoms with Crippen molar-refractivity contribution in [3.63, 3.8) is 0 Å². The van der Waals surface area contributed by atoms with Gasteiger partial charge in [-0.05, 0) is 42.2 Å². The Bertz CT molecular complexity index is 989. The first-order chi connectivity index (χ1) is 13.8. The van der Waals surface area contributed by atoms with Gasteiger partial charge in [-0.1, -0.05) is 29.8 Å². The molecular formula is C21H21ClFN3O3. The summed E-state index contributed by atoms with van der Waals surface area (Å²) in [4.78, 5) is 25.3. The molecule has 0 saturated carbocycles. The van der Waals surface area contributed by atoms with Gasteiger partial charge in [-0.2, -0.15) is 0 Å². The third-order valence-electron chi connectivity index (χ3n) is 5.79. The number of ether oxygens (including phenoxy) is 1. The Labute approximate surface area is 172 Å². The number of amides is 2. The molecule has 8 heteroatoms. The van der Waals surface area contributed by atoms with Gasteiger partial charge in [-0.3, -0.25) is 14.5 Å². The average Bonchev–Trinajstić information content (AvgIpc) is 2.99. The molecule has 2 aromatic rings. The lowest BCUT2D eigenvalue weighted by Crippen LogP contribution is -2.43. The Balaban J connectivity index is 1.53. The topological polar surface area (TPSA) is 98.7 Å². The van der Waals surface area contributed by atoms with Crippen LogP contribution in [-0.2, 0) is 21.7 Å². The Kier molecular flexibility index (Phi) is 5.06. The molecule has 2 aliphatic heterocycles. The van der Waals surface area contributed by atoms with Crippen LogP contribution < -0.4 is 11.5 Å². The summed E-state index contributed by atoms with van der Waals surface area (Å²) in [6.45, 7) is 1.60. The number of nitrogens with two attached hydrogens (primary N) is 2. The van der Waals surface area contributed by atoms with E-state index in [1.54, 1.807) is 24.3 Å². The molecule has 6 nitrogen and oxygen atoms in total. The first kappa shape index (κ1) is 19.8. The van der Waals surface area contributed by atoms with E-state index in [1.165, 1.54) is 6.07 Å². The number of piperidine rings is 1. The van der Waals surface area contributed by atoms with Crippen LogP contribution in [0.4, 0.5) is 4.39 Å². The molecule has 2 aromatic carbocycles. The Morgan fingerprint density at radius 1 is 1.21 bits per heavy atom. The fraction of sp³-hybridized carbons (Fsp3) is 0.333. The van der Waals surface area contributed by atoms with Crippen molar-refractivity contribution in [2.45, 2.75) is 31.1 Å². The highest BCUT2D eigenvalue weighted by molar-refractivity contribution is 6.30. The lowest BCUT2D eigenvalue weighted by atomic mass is 9.83. The van der Waals surface area contributed by atoms with E-state index >= 15 is 0 Å². The highest BCUT2D eigenvalue weighted by atomic mass is 35.5. The zero-order valence-corrected chi connectivity index (χ0v) is 16.4. The lowest BCUT2D eigenvalue weighted by Gasteiger charge is -2.39. The second-order valence-electron chi connectivity index (χ2n) is 7.55. The van der Waals surface area contributed by atoms with Gasteiger partial charge in [0.25, 0.3) is 11.8 Å². The number of carbonyl (C=O) groups excluding carboxylic acids is 2. The van der Waals surface area contributed by atoms with E-state index in [4.69, 9.17) is 27.8 Å². The number of hydrogen-bond acceptors (Lipinski definition) is 4. The number of hydrogen-bond donors (Lipinski definition) is 2. The van der Waals surface area contributed by atoms with Gasteiger partial charge in [-0.15, -0.1) is 0 Å². The number of fused-ring (bicyclic) bond motifs is 2. The number of rotatable bonds is 4. The van der Waals surface area contributed by atoms with Crippen LogP contribution in [0.3, 0.4) is 0 Å². The van der Waals surface area contributed by atoms with Crippen molar-refractivity contribution >= 4 is 23.4 Å². The van der Waals surface area contributed by atoms with Gasteiger partial charge in [0.1, 0.15) is 5.82 Å². The second-order valence-corrected chi connectivity index (χ2v) is 7.98. The maximum atomic E-state index is 14.5. The van der Waals surface area contributed by atoms with Crippen molar-refractivity contribution in [3.8, 4) is 0 Å². The maximum Gasteiger partial charge on any atom is 0.251 e. The lowest BCUT2D eigenvalue weighted by molar-refractivity contribution is -0.148. The molecule has 1 fully saturated rings. The van der Waals surface area contributed by atoms with Gasteiger partial charge in [0, 0.05) is 30.2 Å². The molecule has 0 bridgehead atoms. The number of nitrogens with zero attached hydrogens (tertiary/aromatic N) is 1. The Morgan fingerprint density at radius 2 is 1.93 bits per heavy atom. The van der Waals surface area contributed by atoms with Crippen LogP contribution in [0.15, 0.2) is 36.4 Å². The standard InChI is InChI=1S/C21H21ClFN3O3/c22-13-4-5-14-16(10-13)21(29-18(14)20(25)28)6-8-26(9-7-21)11-12-2-1-3-15(17(12)23)19(24)27/h1-5,10,18H,6-9,11H2,(H2,24,27)(H2,25,28). The van der Waals surface area contributed by atoms with Crippen molar-refractivity contribution in [2.24, 2.45) is 11.5 Å². The number of halogens is 2. The van der Waals surface area contributed by atoms with E-state index in [1.807, 2.05) is 6.07 Å². The molecule has 152 valence electrons. The zero-order chi connectivity index (χ0) is 20.8. The predicted molar refractivity (Wildman–Crippen MR) is 106 cm³/mol. The molecule has 4 rings (SSSR count). The highest BCUT2D eigenvalue weighted by Gasteiger charge is 2.48. The van der Waals surface area contributed by atoms with Crippen LogP contribution in [0.1, 0.15) is 46.0 Å². The van der Waals surface area contributed by atoms with Crippen LogP contribution >= 0.6 is 11.6 Å². The molecule has 2 heterocycles. The largest absolute Gasteiger partial charge is 0.367 e. The number of carbonyl (C=O) groups is 2. The number of benzene rings is 2. The summed E-state index contributed by atoms with van der Waals surface area (Å²) in [5, 5.41) is 0.574. The monoisotopic (exact) mass is 417 g/mol. The molecule has 0 aliphatic carbocycles. The summed E-state index contributed by atoms with van der Waals surface area (Å²) in [6.07, 6.45) is 0.432. The van der Waals surface area contributed by atoms with Crippen LogP contribution in [0, 0.1) is 5.82 Å². The van der Waals surface area contributed by atoms with E-state index in [-0.39, 0.29) is 5.56 Å². The van der Waals surface area contributed by atoms with E-state index in [9.17, 15) is 14.0 Å². The Morgan fingerprint density at radius 3 is 2.59 bits per heavy atom. The highest BCUT2D eigenvalue weighted by Crippen LogP contribution is 2.50. The zero-order valence-electron chi connectivity index (χ0n) is 15.7. The van der Waals surface area contributed by atoms with Crippen molar-refractivity contribution < 1.29 is 18.7 Å². The quantitative estimate of drug-likeness (QED) is 0.798. The fourth-order valence-electron chi connectivity index (χ4n) is 4.31. The molecule has 0 radical (unpaired) electrons. The van der Waals surface area contributed by atoms with Gasteiger partial charge in [0.15, 0.2) is 6.10 Å². The number of primary amides is 2. The summed E-state index contributed by atoms with van der Waals surface area (Å²) in [6, 6.07) is 10.0. The molecule has 29 heavy (non-hydrogen) atoms. The SMILES string of the molecule is NC(=O)c1cccc(CN2CCC3(CC2)OC(C(N)=O)c2ccc(Cl)cc23)c1F. The molecule has 2 amide bonds. The van der Waals surface area contributed by atoms with Crippen LogP contribution in [-0.4, -0.2) is 29.8 Å².